The second-order valence-electron chi connectivity index (χ2n) is 5.09. The molecule has 0 radical (unpaired) electrons. The van der Waals surface area contributed by atoms with Crippen molar-refractivity contribution in [3.63, 3.8) is 0 Å². The van der Waals surface area contributed by atoms with Crippen LogP contribution in [0.5, 0.6) is 11.5 Å². The van der Waals surface area contributed by atoms with Crippen molar-refractivity contribution in [2.75, 3.05) is 13.7 Å². The summed E-state index contributed by atoms with van der Waals surface area (Å²) < 4.78 is 11.1. The smallest absolute Gasteiger partial charge is 0.165 e. The summed E-state index contributed by atoms with van der Waals surface area (Å²) in [5.41, 5.74) is 1.11. The number of aliphatic hydroxyl groups excluding tert-OH is 1. The maximum absolute atomic E-state index is 9.29. The van der Waals surface area contributed by atoms with E-state index in [9.17, 15) is 5.11 Å². The molecule has 1 aromatic carbocycles. The molecule has 1 aliphatic carbocycles. The molecule has 1 aromatic rings. The van der Waals surface area contributed by atoms with Gasteiger partial charge in [-0.25, -0.2) is 0 Å². The number of ether oxygens (including phenoxy) is 2. The van der Waals surface area contributed by atoms with Gasteiger partial charge in [-0.3, -0.25) is 0 Å². The van der Waals surface area contributed by atoms with Crippen LogP contribution >= 0.6 is 0 Å². The Balaban J connectivity index is 2.01. The van der Waals surface area contributed by atoms with Crippen LogP contribution in [0, 0.1) is 0 Å². The summed E-state index contributed by atoms with van der Waals surface area (Å²) >= 11 is 0. The number of methoxy groups -OCH3 is 1. The maximum atomic E-state index is 9.29. The van der Waals surface area contributed by atoms with Gasteiger partial charge < -0.3 is 19.9 Å². The highest BCUT2D eigenvalue weighted by molar-refractivity contribution is 5.46. The number of nitrogens with one attached hydrogen (secondary N) is 1. The van der Waals surface area contributed by atoms with Crippen molar-refractivity contribution in [3.8, 4) is 11.5 Å². The van der Waals surface area contributed by atoms with E-state index in [0.29, 0.717) is 19.1 Å². The van der Waals surface area contributed by atoms with E-state index >= 15 is 0 Å². The molecule has 1 aliphatic rings. The van der Waals surface area contributed by atoms with Gasteiger partial charge in [0, 0.05) is 24.6 Å². The summed E-state index contributed by atoms with van der Waals surface area (Å²) in [6.45, 7) is 3.06. The standard InChI is InChI=1S/C15H23NO3/c1-11(17)8-9-19-15-12(10-16-13-6-7-13)4-3-5-14(15)18-2/h3-5,11,13,16-17H,6-10H2,1-2H3. The molecule has 1 saturated carbocycles. The lowest BCUT2D eigenvalue weighted by molar-refractivity contribution is 0.153. The minimum absolute atomic E-state index is 0.345. The largest absolute Gasteiger partial charge is 0.493 e. The van der Waals surface area contributed by atoms with Crippen molar-refractivity contribution in [2.45, 2.75) is 44.9 Å². The fourth-order valence-electron chi connectivity index (χ4n) is 1.90. The van der Waals surface area contributed by atoms with E-state index in [2.05, 4.69) is 11.4 Å². The van der Waals surface area contributed by atoms with E-state index in [1.807, 2.05) is 12.1 Å². The predicted octanol–water partition coefficient (Wildman–Crippen LogP) is 2.10. The Morgan fingerprint density at radius 1 is 1.42 bits per heavy atom. The molecule has 1 fully saturated rings. The first-order chi connectivity index (χ1) is 9.20. The van der Waals surface area contributed by atoms with Crippen LogP contribution < -0.4 is 14.8 Å². The summed E-state index contributed by atoms with van der Waals surface area (Å²) in [4.78, 5) is 0. The second-order valence-corrected chi connectivity index (χ2v) is 5.09. The Morgan fingerprint density at radius 2 is 2.21 bits per heavy atom. The molecule has 0 bridgehead atoms. The lowest BCUT2D eigenvalue weighted by Crippen LogP contribution is -2.17. The number of rotatable bonds is 8. The molecule has 1 atom stereocenters. The molecule has 0 saturated heterocycles. The van der Waals surface area contributed by atoms with E-state index in [4.69, 9.17) is 9.47 Å². The van der Waals surface area contributed by atoms with Crippen molar-refractivity contribution >= 4 is 0 Å². The number of benzene rings is 1. The summed E-state index contributed by atoms with van der Waals surface area (Å²) in [6.07, 6.45) is 2.81. The van der Waals surface area contributed by atoms with Gasteiger partial charge in [0.25, 0.3) is 0 Å². The highest BCUT2D eigenvalue weighted by Crippen LogP contribution is 2.32. The summed E-state index contributed by atoms with van der Waals surface area (Å²) in [5.74, 6) is 1.54. The lowest BCUT2D eigenvalue weighted by atomic mass is 10.2. The van der Waals surface area contributed by atoms with Gasteiger partial charge in [-0.2, -0.15) is 0 Å². The zero-order valence-corrected chi connectivity index (χ0v) is 11.7. The predicted molar refractivity (Wildman–Crippen MR) is 74.6 cm³/mol. The van der Waals surface area contributed by atoms with E-state index < -0.39 is 0 Å². The Labute approximate surface area is 114 Å². The zero-order valence-electron chi connectivity index (χ0n) is 11.7. The first kappa shape index (κ1) is 14.2. The third-order valence-corrected chi connectivity index (χ3v) is 3.22. The van der Waals surface area contributed by atoms with Crippen molar-refractivity contribution in [2.24, 2.45) is 0 Å². The molecule has 2 rings (SSSR count). The van der Waals surface area contributed by atoms with Gasteiger partial charge in [0.15, 0.2) is 11.5 Å². The van der Waals surface area contributed by atoms with Crippen LogP contribution in [0.25, 0.3) is 0 Å². The van der Waals surface area contributed by atoms with Crippen molar-refractivity contribution in [1.82, 2.24) is 5.32 Å². The van der Waals surface area contributed by atoms with Crippen LogP contribution in [0.3, 0.4) is 0 Å². The Kier molecular flexibility index (Phi) is 5.05. The average molecular weight is 265 g/mol. The average Bonchev–Trinajstić information content (AvgIpc) is 3.20. The topological polar surface area (TPSA) is 50.7 Å². The molecule has 0 aliphatic heterocycles. The second kappa shape index (κ2) is 6.78. The molecule has 0 amide bonds. The van der Waals surface area contributed by atoms with Crippen LogP contribution in [0.4, 0.5) is 0 Å². The van der Waals surface area contributed by atoms with E-state index in [1.165, 1.54) is 12.8 Å². The van der Waals surface area contributed by atoms with Crippen molar-refractivity contribution in [1.29, 1.82) is 0 Å². The van der Waals surface area contributed by atoms with Gasteiger partial charge in [-0.15, -0.1) is 0 Å². The van der Waals surface area contributed by atoms with E-state index in [1.54, 1.807) is 14.0 Å². The number of aliphatic hydroxyl groups is 1. The highest BCUT2D eigenvalue weighted by Gasteiger charge is 2.21. The van der Waals surface area contributed by atoms with Gasteiger partial charge in [0.05, 0.1) is 19.8 Å². The monoisotopic (exact) mass is 265 g/mol. The molecule has 1 unspecified atom stereocenters. The van der Waals surface area contributed by atoms with Crippen molar-refractivity contribution < 1.29 is 14.6 Å². The molecular weight excluding hydrogens is 242 g/mol. The molecule has 19 heavy (non-hydrogen) atoms. The van der Waals surface area contributed by atoms with Gasteiger partial charge in [-0.05, 0) is 25.8 Å². The Morgan fingerprint density at radius 3 is 2.84 bits per heavy atom. The summed E-state index contributed by atoms with van der Waals surface area (Å²) in [6, 6.07) is 6.59. The SMILES string of the molecule is COc1cccc(CNC2CC2)c1OCCC(C)O. The number of para-hydroxylation sites is 1. The molecular formula is C15H23NO3. The fraction of sp³-hybridized carbons (Fsp3) is 0.600. The van der Waals surface area contributed by atoms with Crippen LogP contribution in [0.15, 0.2) is 18.2 Å². The van der Waals surface area contributed by atoms with E-state index in [0.717, 1.165) is 23.6 Å². The minimum Gasteiger partial charge on any atom is -0.493 e. The van der Waals surface area contributed by atoms with Gasteiger partial charge in [0.1, 0.15) is 0 Å². The van der Waals surface area contributed by atoms with Crippen molar-refractivity contribution in [3.05, 3.63) is 23.8 Å². The molecule has 106 valence electrons. The van der Waals surface area contributed by atoms with Gasteiger partial charge in [-0.1, -0.05) is 12.1 Å². The Bertz CT molecular complexity index is 402. The highest BCUT2D eigenvalue weighted by atomic mass is 16.5. The first-order valence-corrected chi connectivity index (χ1v) is 6.91. The van der Waals surface area contributed by atoms with Gasteiger partial charge >= 0.3 is 0 Å². The normalized spacial score (nSPS) is 16.2. The van der Waals surface area contributed by atoms with Gasteiger partial charge in [0.2, 0.25) is 0 Å². The lowest BCUT2D eigenvalue weighted by Gasteiger charge is -2.16. The van der Waals surface area contributed by atoms with E-state index in [-0.39, 0.29) is 6.10 Å². The molecule has 4 heteroatoms. The van der Waals surface area contributed by atoms with Crippen LogP contribution in [-0.4, -0.2) is 31.0 Å². The van der Waals surface area contributed by atoms with Crippen LogP contribution in [-0.2, 0) is 6.54 Å². The number of hydrogen-bond acceptors (Lipinski definition) is 4. The number of hydrogen-bond donors (Lipinski definition) is 2. The molecule has 0 heterocycles. The minimum atomic E-state index is -0.345. The Hall–Kier alpha value is -1.26. The van der Waals surface area contributed by atoms with Crippen LogP contribution in [0.2, 0.25) is 0 Å². The maximum Gasteiger partial charge on any atom is 0.165 e. The molecule has 0 spiro atoms. The first-order valence-electron chi connectivity index (χ1n) is 6.91. The molecule has 2 N–H and O–H groups in total. The fourth-order valence-corrected chi connectivity index (χ4v) is 1.90. The quantitative estimate of drug-likeness (QED) is 0.756. The molecule has 4 nitrogen and oxygen atoms in total. The summed E-state index contributed by atoms with van der Waals surface area (Å²) in [7, 11) is 1.65. The third kappa shape index (κ3) is 4.40. The molecule has 0 aromatic heterocycles. The van der Waals surface area contributed by atoms with Crippen LogP contribution in [0.1, 0.15) is 31.7 Å². The third-order valence-electron chi connectivity index (χ3n) is 3.22. The summed E-state index contributed by atoms with van der Waals surface area (Å²) in [5, 5.41) is 12.8. The zero-order chi connectivity index (χ0) is 13.7.